The minimum absolute atomic E-state index is 0.228. The minimum Gasteiger partial charge on any atom is -0.399 e. The van der Waals surface area contributed by atoms with Gasteiger partial charge in [0.05, 0.1) is 17.1 Å². The van der Waals surface area contributed by atoms with Crippen molar-refractivity contribution in [3.8, 4) is 22.3 Å². The van der Waals surface area contributed by atoms with E-state index in [4.69, 9.17) is 16.6 Å². The molecule has 9 rings (SSSR count). The second-order valence-corrected chi connectivity index (χ2v) is 13.4. The Kier molecular flexibility index (Phi) is 6.74. The summed E-state index contributed by atoms with van der Waals surface area (Å²) >= 11 is 1.81. The normalized spacial score (nSPS) is 12.6. The zero-order valence-electron chi connectivity index (χ0n) is 26.4. The Morgan fingerprint density at radius 1 is 0.551 bits per heavy atom. The average Bonchev–Trinajstić information content (AvgIpc) is 3.53. The van der Waals surface area contributed by atoms with Crippen LogP contribution in [0.25, 0.3) is 59.3 Å². The van der Waals surface area contributed by atoms with Crippen molar-refractivity contribution in [2.24, 2.45) is 0 Å². The van der Waals surface area contributed by atoms with E-state index in [2.05, 4.69) is 126 Å². The summed E-state index contributed by atoms with van der Waals surface area (Å²) in [6.45, 7) is 0. The summed E-state index contributed by atoms with van der Waals surface area (Å²) in [5, 5.41) is 21.7. The van der Waals surface area contributed by atoms with E-state index in [1.54, 1.807) is 6.08 Å². The predicted molar refractivity (Wildman–Crippen MR) is 210 cm³/mol. The summed E-state index contributed by atoms with van der Waals surface area (Å²) < 4.78 is 2.49. The van der Waals surface area contributed by atoms with E-state index in [0.717, 1.165) is 66.9 Å². The summed E-state index contributed by atoms with van der Waals surface area (Å²) in [5.74, 6) is 0. The number of benzene rings is 7. The monoisotopic (exact) mass is 646 g/mol. The van der Waals surface area contributed by atoms with E-state index >= 15 is 0 Å². The smallest absolute Gasteiger partial charge is 0.0873 e. The Morgan fingerprint density at radius 2 is 1.27 bits per heavy atom. The van der Waals surface area contributed by atoms with Crippen LogP contribution in [-0.4, -0.2) is 11.4 Å². The quantitative estimate of drug-likeness (QED) is 0.163. The van der Waals surface area contributed by atoms with Crippen molar-refractivity contribution in [3.63, 3.8) is 0 Å². The standard InChI is InChI=1S/C44H30N4S/c45-31-8-5-7-30(25-31)35-10-2-1-9-34(35)27-17-21-32(22-18-27)48(39-12-6-14-41-43(39)36-11-3-4-13-40(36)49-41)33-23-19-28-15-16-29-20-24-38(46)44(47)42(29)37(28)26-33/h1-26,46-47H,45H2. The molecule has 0 aliphatic heterocycles. The lowest BCUT2D eigenvalue weighted by Gasteiger charge is -2.27. The topological polar surface area (TPSA) is 77.0 Å². The van der Waals surface area contributed by atoms with Crippen LogP contribution in [-0.2, 0) is 0 Å². The largest absolute Gasteiger partial charge is 0.399 e. The second kappa shape index (κ2) is 11.4. The highest BCUT2D eigenvalue weighted by Crippen LogP contribution is 2.46. The number of fused-ring (bicyclic) bond motifs is 6. The highest BCUT2D eigenvalue weighted by atomic mass is 32.1. The molecule has 1 aliphatic carbocycles. The van der Waals surface area contributed by atoms with Crippen LogP contribution in [0.3, 0.4) is 0 Å². The van der Waals surface area contributed by atoms with Gasteiger partial charge in [0.1, 0.15) is 0 Å². The molecule has 0 saturated heterocycles. The average molecular weight is 647 g/mol. The maximum atomic E-state index is 8.84. The summed E-state index contributed by atoms with van der Waals surface area (Å²) in [6, 6.07) is 51.1. The van der Waals surface area contributed by atoms with E-state index in [9.17, 15) is 0 Å². The molecule has 4 N–H and O–H groups in total. The number of nitrogens with two attached hydrogens (primary N) is 1. The number of nitrogens with one attached hydrogen (secondary N) is 2. The first kappa shape index (κ1) is 28.9. The number of thiophene rings is 1. The van der Waals surface area contributed by atoms with Crippen molar-refractivity contribution in [2.75, 3.05) is 10.6 Å². The van der Waals surface area contributed by atoms with E-state index in [1.165, 1.54) is 20.2 Å². The van der Waals surface area contributed by atoms with Crippen LogP contribution >= 0.6 is 11.3 Å². The van der Waals surface area contributed by atoms with Gasteiger partial charge in [0.2, 0.25) is 0 Å². The van der Waals surface area contributed by atoms with Crippen LogP contribution in [0.4, 0.5) is 22.7 Å². The van der Waals surface area contributed by atoms with E-state index in [-0.39, 0.29) is 11.4 Å². The third-order valence-electron chi connectivity index (χ3n) is 9.43. The Morgan fingerprint density at radius 3 is 2.10 bits per heavy atom. The van der Waals surface area contributed by atoms with Gasteiger partial charge < -0.3 is 10.6 Å². The third kappa shape index (κ3) is 4.83. The van der Waals surface area contributed by atoms with Gasteiger partial charge in [-0.3, -0.25) is 10.8 Å². The van der Waals surface area contributed by atoms with Gasteiger partial charge in [-0.05, 0) is 99.3 Å². The molecule has 4 nitrogen and oxygen atoms in total. The molecule has 232 valence electrons. The molecule has 1 aromatic heterocycles. The predicted octanol–water partition coefficient (Wildman–Crippen LogP) is 12.0. The zero-order chi connectivity index (χ0) is 33.1. The van der Waals surface area contributed by atoms with Crippen molar-refractivity contribution >= 4 is 82.5 Å². The molecule has 0 radical (unpaired) electrons. The first-order valence-corrected chi connectivity index (χ1v) is 17.0. The fourth-order valence-corrected chi connectivity index (χ4v) is 8.25. The van der Waals surface area contributed by atoms with Crippen LogP contribution in [0.5, 0.6) is 0 Å². The zero-order valence-corrected chi connectivity index (χ0v) is 27.3. The molecular weight excluding hydrogens is 617 g/mol. The molecule has 0 saturated carbocycles. The molecule has 8 aromatic rings. The van der Waals surface area contributed by atoms with Gasteiger partial charge in [-0.2, -0.15) is 0 Å². The molecule has 49 heavy (non-hydrogen) atoms. The van der Waals surface area contributed by atoms with Crippen molar-refractivity contribution in [3.05, 3.63) is 163 Å². The fraction of sp³-hybridized carbons (Fsp3) is 0. The number of rotatable bonds is 5. The van der Waals surface area contributed by atoms with Crippen LogP contribution in [0.15, 0.2) is 152 Å². The molecule has 0 amide bonds. The number of anilines is 4. The van der Waals surface area contributed by atoms with Crippen molar-refractivity contribution < 1.29 is 0 Å². The molecular formula is C44H30N4S. The van der Waals surface area contributed by atoms with Crippen LogP contribution in [0.1, 0.15) is 11.1 Å². The first-order chi connectivity index (χ1) is 24.0. The van der Waals surface area contributed by atoms with Gasteiger partial charge in [-0.15, -0.1) is 11.3 Å². The number of nitrogen functional groups attached to an aromatic ring is 1. The molecule has 0 fully saturated rings. The van der Waals surface area contributed by atoms with Crippen LogP contribution in [0.2, 0.25) is 0 Å². The highest BCUT2D eigenvalue weighted by Gasteiger charge is 2.22. The van der Waals surface area contributed by atoms with Crippen molar-refractivity contribution in [1.82, 2.24) is 0 Å². The molecule has 0 atom stereocenters. The fourth-order valence-electron chi connectivity index (χ4n) is 7.12. The number of hydrogen-bond donors (Lipinski definition) is 3. The molecule has 0 unspecified atom stereocenters. The molecule has 7 aromatic carbocycles. The van der Waals surface area contributed by atoms with Crippen molar-refractivity contribution in [1.29, 1.82) is 10.8 Å². The van der Waals surface area contributed by atoms with E-state index in [0.29, 0.717) is 0 Å². The van der Waals surface area contributed by atoms with Gasteiger partial charge in [0.15, 0.2) is 0 Å². The Hall–Kier alpha value is -6.30. The van der Waals surface area contributed by atoms with Gasteiger partial charge >= 0.3 is 0 Å². The van der Waals surface area contributed by atoms with E-state index in [1.807, 2.05) is 41.7 Å². The molecule has 1 heterocycles. The first-order valence-electron chi connectivity index (χ1n) is 16.2. The summed E-state index contributed by atoms with van der Waals surface area (Å²) in [7, 11) is 0. The lowest BCUT2D eigenvalue weighted by molar-refractivity contribution is 1.31. The molecule has 0 spiro atoms. The van der Waals surface area contributed by atoms with Crippen molar-refractivity contribution in [2.45, 2.75) is 0 Å². The SMILES string of the molecule is N=C1C=Cc2ccc3ccc(N(c4ccc(-c5ccccc5-c5cccc(N)c5)cc4)c4cccc5sc6ccccc6c45)cc3c2C1=N. The summed E-state index contributed by atoms with van der Waals surface area (Å²) in [4.78, 5) is 2.33. The van der Waals surface area contributed by atoms with E-state index < -0.39 is 0 Å². The maximum absolute atomic E-state index is 8.84. The Labute approximate surface area is 288 Å². The minimum atomic E-state index is 0.228. The summed E-state index contributed by atoms with van der Waals surface area (Å²) in [5.41, 5.74) is 16.8. The number of allylic oxidation sites excluding steroid dienone is 1. The lowest BCUT2D eigenvalue weighted by Crippen LogP contribution is -2.16. The second-order valence-electron chi connectivity index (χ2n) is 12.4. The third-order valence-corrected chi connectivity index (χ3v) is 10.6. The lowest BCUT2D eigenvalue weighted by atomic mass is 9.89. The molecule has 1 aliphatic rings. The molecule has 5 heteroatoms. The van der Waals surface area contributed by atoms with Gasteiger partial charge in [-0.25, -0.2) is 0 Å². The van der Waals surface area contributed by atoms with Crippen LogP contribution in [0, 0.1) is 10.8 Å². The maximum Gasteiger partial charge on any atom is 0.0873 e. The van der Waals surface area contributed by atoms with Gasteiger partial charge in [0, 0.05) is 42.8 Å². The Balaban J connectivity index is 1.25. The Bertz CT molecular complexity index is 2660. The highest BCUT2D eigenvalue weighted by molar-refractivity contribution is 7.26. The number of hydrogen-bond acceptors (Lipinski definition) is 5. The molecule has 0 bridgehead atoms. The number of nitrogens with zero attached hydrogens (tertiary/aromatic N) is 1. The van der Waals surface area contributed by atoms with Gasteiger partial charge in [-0.1, -0.05) is 97.1 Å². The van der Waals surface area contributed by atoms with Gasteiger partial charge in [0.25, 0.3) is 0 Å². The summed E-state index contributed by atoms with van der Waals surface area (Å²) in [6.07, 6.45) is 3.65. The van der Waals surface area contributed by atoms with Crippen LogP contribution < -0.4 is 10.6 Å².